The number of carbonyl (C=O) groups excluding carboxylic acids is 1. The van der Waals surface area contributed by atoms with Crippen LogP contribution < -0.4 is 0 Å². The van der Waals surface area contributed by atoms with Crippen LogP contribution >= 0.6 is 0 Å². The van der Waals surface area contributed by atoms with Crippen molar-refractivity contribution in [3.8, 4) is 17.4 Å². The van der Waals surface area contributed by atoms with Gasteiger partial charge < -0.3 is 4.74 Å². The summed E-state index contributed by atoms with van der Waals surface area (Å²) in [4.78, 5) is 9.85. The summed E-state index contributed by atoms with van der Waals surface area (Å²) in [5.41, 5.74) is 4.14. The highest BCUT2D eigenvalue weighted by Gasteiger charge is 2.08. The van der Waals surface area contributed by atoms with Gasteiger partial charge in [0.1, 0.15) is 0 Å². The Labute approximate surface area is 163 Å². The number of hydrogen-bond donors (Lipinski definition) is 0. The highest BCUT2D eigenvalue weighted by molar-refractivity contribution is 5.81. The van der Waals surface area contributed by atoms with Crippen molar-refractivity contribution in [2.45, 2.75) is 46.0 Å². The van der Waals surface area contributed by atoms with E-state index in [0.717, 1.165) is 12.0 Å². The molecule has 0 amide bonds. The highest BCUT2D eigenvalue weighted by Crippen LogP contribution is 2.23. The average Bonchev–Trinajstić information content (AvgIpc) is 2.72. The van der Waals surface area contributed by atoms with Crippen LogP contribution in [-0.2, 0) is 16.0 Å². The Kier molecular flexibility index (Phi) is 11.0. The first-order valence-electron chi connectivity index (χ1n) is 9.51. The van der Waals surface area contributed by atoms with E-state index < -0.39 is 5.97 Å². The largest absolute Gasteiger partial charge is 0.347 e. The summed E-state index contributed by atoms with van der Waals surface area (Å²) in [7, 11) is 0. The molecule has 2 aromatic carbocycles. The van der Waals surface area contributed by atoms with Crippen LogP contribution in [0.5, 0.6) is 0 Å². The van der Waals surface area contributed by atoms with Crippen molar-refractivity contribution in [1.29, 1.82) is 5.26 Å². The van der Waals surface area contributed by atoms with E-state index >= 15 is 0 Å². The number of carbonyl (C=O) groups is 1. The Morgan fingerprint density at radius 2 is 1.85 bits per heavy atom. The topological polar surface area (TPSA) is 50.1 Å². The van der Waals surface area contributed by atoms with Crippen LogP contribution in [0.4, 0.5) is 0 Å². The van der Waals surface area contributed by atoms with Gasteiger partial charge in [-0.15, -0.1) is 5.26 Å². The molecule has 3 heteroatoms. The fourth-order valence-electron chi connectivity index (χ4n) is 2.87. The van der Waals surface area contributed by atoms with Crippen molar-refractivity contribution >= 4 is 5.97 Å². The second kappa shape index (κ2) is 13.4. The number of unbranched alkanes of at least 4 members (excludes halogenated alkanes) is 1. The molecule has 2 rings (SSSR count). The maximum absolute atomic E-state index is 9.85. The fourth-order valence-corrected chi connectivity index (χ4v) is 2.87. The van der Waals surface area contributed by atoms with Crippen LogP contribution in [0.15, 0.2) is 67.3 Å². The van der Waals surface area contributed by atoms with Gasteiger partial charge in [0.15, 0.2) is 0 Å². The predicted molar refractivity (Wildman–Crippen MR) is 111 cm³/mol. The molecule has 0 bridgehead atoms. The smallest absolute Gasteiger partial charge is 0.345 e. The molecule has 0 fully saturated rings. The van der Waals surface area contributed by atoms with E-state index in [2.05, 4.69) is 79.8 Å². The molecule has 0 aliphatic rings. The third-order valence-electron chi connectivity index (χ3n) is 4.41. The summed E-state index contributed by atoms with van der Waals surface area (Å²) < 4.78 is 3.74. The van der Waals surface area contributed by atoms with Crippen LogP contribution in [0, 0.1) is 17.4 Å². The zero-order valence-corrected chi connectivity index (χ0v) is 16.4. The highest BCUT2D eigenvalue weighted by atomic mass is 16.5. The molecule has 0 saturated carbocycles. The molecule has 0 heterocycles. The molecule has 1 atom stereocenters. The van der Waals surface area contributed by atoms with Gasteiger partial charge in [-0.2, -0.15) is 0 Å². The van der Waals surface area contributed by atoms with Crippen LogP contribution in [0.1, 0.15) is 45.1 Å². The molecule has 0 aliphatic heterocycles. The van der Waals surface area contributed by atoms with Crippen LogP contribution in [0.2, 0.25) is 0 Å². The molecule has 1 unspecified atom stereocenters. The molecule has 3 nitrogen and oxygen atoms in total. The first kappa shape index (κ1) is 22.2. The Bertz CT molecular complexity index is 732. The molecule has 0 aromatic heterocycles. The Morgan fingerprint density at radius 1 is 1.15 bits per heavy atom. The Balaban J connectivity index is 0.000000445. The van der Waals surface area contributed by atoms with E-state index in [-0.39, 0.29) is 0 Å². The van der Waals surface area contributed by atoms with Crippen molar-refractivity contribution in [1.82, 2.24) is 0 Å². The average molecular weight is 364 g/mol. The zero-order chi connectivity index (χ0) is 19.9. The third-order valence-corrected chi connectivity index (χ3v) is 4.41. The summed E-state index contributed by atoms with van der Waals surface area (Å²) in [6, 6.07) is 19.7. The van der Waals surface area contributed by atoms with Gasteiger partial charge in [0.2, 0.25) is 0 Å². The van der Waals surface area contributed by atoms with Crippen molar-refractivity contribution < 1.29 is 9.53 Å². The Hall–Kier alpha value is -2.86. The van der Waals surface area contributed by atoms with Gasteiger partial charge in [-0.25, -0.2) is 4.79 Å². The predicted octanol–water partition coefficient (Wildman–Crippen LogP) is 6.31. The molecule has 0 radical (unpaired) electrons. The minimum atomic E-state index is -0.720. The number of ether oxygens (including phenoxy) is 1. The second-order valence-electron chi connectivity index (χ2n) is 6.40. The summed E-state index contributed by atoms with van der Waals surface area (Å²) in [5, 5.41) is 7.63. The fraction of sp³-hybridized carbons (Fsp3) is 0.333. The molecule has 0 spiro atoms. The lowest BCUT2D eigenvalue weighted by Crippen LogP contribution is -2.03. The molecule has 27 heavy (non-hydrogen) atoms. The van der Waals surface area contributed by atoms with Crippen molar-refractivity contribution in [2.75, 3.05) is 0 Å². The molecular weight excluding hydrogens is 334 g/mol. The normalized spacial score (nSPS) is 10.7. The van der Waals surface area contributed by atoms with Gasteiger partial charge in [-0.3, -0.25) is 0 Å². The maximum atomic E-state index is 9.85. The number of hydrogen-bond acceptors (Lipinski definition) is 3. The first-order chi connectivity index (χ1) is 13.1. The number of esters is 1. The Morgan fingerprint density at radius 3 is 2.41 bits per heavy atom. The summed E-state index contributed by atoms with van der Waals surface area (Å²) in [5.74, 6) is 0.114. The van der Waals surface area contributed by atoms with Crippen LogP contribution in [-0.4, -0.2) is 5.97 Å². The molecule has 0 aliphatic carbocycles. The van der Waals surface area contributed by atoms with E-state index in [4.69, 9.17) is 5.26 Å². The van der Waals surface area contributed by atoms with E-state index in [1.165, 1.54) is 55.0 Å². The minimum absolute atomic E-state index is 0.720. The van der Waals surface area contributed by atoms with Crippen molar-refractivity contribution in [3.05, 3.63) is 72.8 Å². The van der Waals surface area contributed by atoms with Gasteiger partial charge >= 0.3 is 5.97 Å². The minimum Gasteiger partial charge on any atom is -0.347 e. The summed E-state index contributed by atoms with van der Waals surface area (Å²) >= 11 is 0. The zero-order valence-electron chi connectivity index (χ0n) is 16.4. The van der Waals surface area contributed by atoms with E-state index in [1.807, 2.05) is 0 Å². The summed E-state index contributed by atoms with van der Waals surface area (Å²) in [6.07, 6.45) is 8.65. The molecule has 142 valence electrons. The number of rotatable bonds is 8. The van der Waals surface area contributed by atoms with E-state index in [1.54, 1.807) is 0 Å². The molecule has 2 aromatic rings. The number of nitriles is 1. The van der Waals surface area contributed by atoms with Crippen molar-refractivity contribution in [3.63, 3.8) is 0 Å². The molecular formula is C24H29NO2. The van der Waals surface area contributed by atoms with Crippen molar-refractivity contribution in [2.24, 2.45) is 5.92 Å². The lowest BCUT2D eigenvalue weighted by atomic mass is 9.91. The SMILES string of the molecule is C=CC(=O)OC#N.CCCCC(CC)Cc1cccc(-c2ccccc2)c1. The van der Waals surface area contributed by atoms with Gasteiger partial charge in [-0.05, 0) is 29.0 Å². The first-order valence-corrected chi connectivity index (χ1v) is 9.51. The number of nitrogens with zero attached hydrogens (tertiary/aromatic N) is 1. The van der Waals surface area contributed by atoms with Crippen LogP contribution in [0.3, 0.4) is 0 Å². The molecule has 0 saturated heterocycles. The monoisotopic (exact) mass is 363 g/mol. The quantitative estimate of drug-likeness (QED) is 0.314. The third kappa shape index (κ3) is 8.87. The van der Waals surface area contributed by atoms with E-state index in [0.29, 0.717) is 0 Å². The standard InChI is InChI=1S/C20H26.C4H3NO2/c1-3-5-10-17(4-2)15-18-11-9-14-20(16-18)19-12-7-6-8-13-19;1-2-4(6)7-3-5/h6-9,11-14,16-17H,3-5,10,15H2,1-2H3;2H,1H2. The maximum Gasteiger partial charge on any atom is 0.345 e. The van der Waals surface area contributed by atoms with Gasteiger partial charge in [-0.1, -0.05) is 101 Å². The van der Waals surface area contributed by atoms with Gasteiger partial charge in [0.05, 0.1) is 0 Å². The lowest BCUT2D eigenvalue weighted by molar-refractivity contribution is -0.131. The van der Waals surface area contributed by atoms with Gasteiger partial charge in [0, 0.05) is 6.08 Å². The second-order valence-corrected chi connectivity index (χ2v) is 6.40. The van der Waals surface area contributed by atoms with Gasteiger partial charge in [0.25, 0.3) is 6.26 Å². The van der Waals surface area contributed by atoms with Crippen LogP contribution in [0.25, 0.3) is 11.1 Å². The molecule has 0 N–H and O–H groups in total. The summed E-state index contributed by atoms with van der Waals surface area (Å²) in [6.45, 7) is 7.65. The lowest BCUT2D eigenvalue weighted by Gasteiger charge is -2.15. The van der Waals surface area contributed by atoms with E-state index in [9.17, 15) is 4.79 Å². The number of benzene rings is 2.